The lowest BCUT2D eigenvalue weighted by atomic mass is 10.0. The van der Waals surface area contributed by atoms with Crippen LogP contribution in [0.5, 0.6) is 0 Å². The number of nitrogens with zero attached hydrogens (tertiary/aromatic N) is 3. The van der Waals surface area contributed by atoms with E-state index in [2.05, 4.69) is 10.2 Å². The molecule has 0 radical (unpaired) electrons. The van der Waals surface area contributed by atoms with Crippen LogP contribution in [0.4, 0.5) is 5.69 Å². The van der Waals surface area contributed by atoms with Crippen LogP contribution in [-0.2, 0) is 11.2 Å². The van der Waals surface area contributed by atoms with Crippen LogP contribution >= 0.6 is 23.1 Å². The van der Waals surface area contributed by atoms with Gasteiger partial charge in [-0.25, -0.2) is 0 Å². The topological polar surface area (TPSA) is 63.2 Å². The molecule has 1 aromatic heterocycles. The van der Waals surface area contributed by atoms with E-state index in [1.54, 1.807) is 23.4 Å². The maximum atomic E-state index is 12.5. The van der Waals surface area contributed by atoms with Gasteiger partial charge in [0.2, 0.25) is 5.91 Å². The maximum Gasteiger partial charge on any atom is 0.223 e. The molecule has 1 atom stereocenters. The number of ketones is 1. The highest BCUT2D eigenvalue weighted by Gasteiger charge is 2.24. The molecule has 1 aliphatic heterocycles. The van der Waals surface area contributed by atoms with E-state index < -0.39 is 0 Å². The summed E-state index contributed by atoms with van der Waals surface area (Å²) in [5.41, 5.74) is 4.34. The summed E-state index contributed by atoms with van der Waals surface area (Å²) >= 11 is 2.85. The van der Waals surface area contributed by atoms with E-state index in [0.29, 0.717) is 12.1 Å². The number of anilines is 1. The van der Waals surface area contributed by atoms with Crippen molar-refractivity contribution in [2.24, 2.45) is 0 Å². The van der Waals surface area contributed by atoms with Gasteiger partial charge in [-0.1, -0.05) is 23.1 Å². The molecule has 0 N–H and O–H groups in total. The molecule has 114 valence electrons. The summed E-state index contributed by atoms with van der Waals surface area (Å²) in [6.45, 7) is 4.13. The Morgan fingerprint density at radius 2 is 2.23 bits per heavy atom. The molecule has 5 nitrogen and oxygen atoms in total. The quantitative estimate of drug-likeness (QED) is 0.636. The number of rotatable bonds is 4. The molecule has 1 amide bonds. The summed E-state index contributed by atoms with van der Waals surface area (Å²) < 4.78 is 0.796. The van der Waals surface area contributed by atoms with Gasteiger partial charge in [0.25, 0.3) is 0 Å². The van der Waals surface area contributed by atoms with Gasteiger partial charge < -0.3 is 4.90 Å². The molecule has 0 spiro atoms. The summed E-state index contributed by atoms with van der Waals surface area (Å²) in [6.07, 6.45) is 0.800. The summed E-state index contributed by atoms with van der Waals surface area (Å²) in [7, 11) is 0. The zero-order valence-corrected chi connectivity index (χ0v) is 13.9. The molecule has 0 bridgehead atoms. The number of carbonyl (C=O) groups is 2. The van der Waals surface area contributed by atoms with Crippen LogP contribution in [-0.4, -0.2) is 33.7 Å². The van der Waals surface area contributed by atoms with Crippen molar-refractivity contribution < 1.29 is 9.59 Å². The van der Waals surface area contributed by atoms with Crippen LogP contribution in [0, 0.1) is 0 Å². The number of fused-ring (bicyclic) bond motifs is 1. The molecule has 0 saturated carbocycles. The van der Waals surface area contributed by atoms with Crippen molar-refractivity contribution in [3.05, 3.63) is 34.8 Å². The van der Waals surface area contributed by atoms with Gasteiger partial charge in [-0.2, -0.15) is 0 Å². The zero-order chi connectivity index (χ0) is 15.7. The Morgan fingerprint density at radius 3 is 2.91 bits per heavy atom. The standard InChI is InChI=1S/C15H15N3O2S2/c1-9(22-15-17-16-8-21-15)14(20)12-3-4-13-11(7-12)5-6-18(13)10(2)19/h3-4,7-9H,5-6H2,1-2H3. The number of carbonyl (C=O) groups excluding carboxylic acids is 2. The van der Waals surface area contributed by atoms with Crippen molar-refractivity contribution in [2.45, 2.75) is 29.9 Å². The third kappa shape index (κ3) is 2.91. The first-order valence-corrected chi connectivity index (χ1v) is 8.70. The van der Waals surface area contributed by atoms with Crippen LogP contribution in [0.3, 0.4) is 0 Å². The smallest absolute Gasteiger partial charge is 0.223 e. The molecule has 0 fully saturated rings. The predicted octanol–water partition coefficient (Wildman–Crippen LogP) is 2.81. The first-order chi connectivity index (χ1) is 10.6. The van der Waals surface area contributed by atoms with Crippen molar-refractivity contribution in [2.75, 3.05) is 11.4 Å². The highest BCUT2D eigenvalue weighted by Crippen LogP contribution is 2.31. The summed E-state index contributed by atoms with van der Waals surface area (Å²) in [4.78, 5) is 25.9. The van der Waals surface area contributed by atoms with Gasteiger partial charge in [-0.3, -0.25) is 9.59 Å². The number of thioether (sulfide) groups is 1. The highest BCUT2D eigenvalue weighted by atomic mass is 32.2. The molecule has 1 unspecified atom stereocenters. The number of Topliss-reactive ketones (excluding diaryl/α,β-unsaturated/α-hetero) is 1. The summed E-state index contributed by atoms with van der Waals surface area (Å²) in [5, 5.41) is 7.52. The fourth-order valence-corrected chi connectivity index (χ4v) is 4.24. The Bertz CT molecular complexity index is 716. The number of aromatic nitrogens is 2. The fourth-order valence-electron chi connectivity index (χ4n) is 2.54. The number of hydrogen-bond donors (Lipinski definition) is 0. The van der Waals surface area contributed by atoms with E-state index in [1.165, 1.54) is 23.1 Å². The van der Waals surface area contributed by atoms with Crippen molar-refractivity contribution in [3.8, 4) is 0 Å². The van der Waals surface area contributed by atoms with Crippen LogP contribution in [0.25, 0.3) is 0 Å². The Morgan fingerprint density at radius 1 is 1.41 bits per heavy atom. The Hall–Kier alpha value is -1.73. The average Bonchev–Trinajstić information content (AvgIpc) is 3.14. The van der Waals surface area contributed by atoms with Crippen LogP contribution in [0.1, 0.15) is 29.8 Å². The molecule has 3 rings (SSSR count). The number of amides is 1. The molecule has 0 saturated heterocycles. The van der Waals surface area contributed by atoms with E-state index in [4.69, 9.17) is 0 Å². The largest absolute Gasteiger partial charge is 0.312 e. The van der Waals surface area contributed by atoms with Gasteiger partial charge in [-0.15, -0.1) is 10.2 Å². The average molecular weight is 333 g/mol. The molecule has 2 aromatic rings. The lowest BCUT2D eigenvalue weighted by molar-refractivity contribution is -0.116. The Kier molecular flexibility index (Phi) is 4.26. The fraction of sp³-hybridized carbons (Fsp3) is 0.333. The molecule has 1 aliphatic rings. The molecule has 7 heteroatoms. The van der Waals surface area contributed by atoms with E-state index in [0.717, 1.165) is 22.0 Å². The minimum atomic E-state index is -0.212. The maximum absolute atomic E-state index is 12.5. The minimum absolute atomic E-state index is 0.0398. The Balaban J connectivity index is 1.78. The summed E-state index contributed by atoms with van der Waals surface area (Å²) in [5.74, 6) is 0.113. The van der Waals surface area contributed by atoms with Crippen molar-refractivity contribution >= 4 is 40.5 Å². The van der Waals surface area contributed by atoms with Crippen molar-refractivity contribution in [1.82, 2.24) is 10.2 Å². The molecule has 0 aliphatic carbocycles. The van der Waals surface area contributed by atoms with Gasteiger partial charge in [-0.05, 0) is 37.1 Å². The summed E-state index contributed by atoms with van der Waals surface area (Å²) in [6, 6.07) is 5.59. The van der Waals surface area contributed by atoms with Crippen molar-refractivity contribution in [3.63, 3.8) is 0 Å². The second kappa shape index (κ2) is 6.18. The molecular formula is C15H15N3O2S2. The molecular weight excluding hydrogens is 318 g/mol. The van der Waals surface area contributed by atoms with Crippen molar-refractivity contribution in [1.29, 1.82) is 0 Å². The third-order valence-corrected chi connectivity index (χ3v) is 5.54. The minimum Gasteiger partial charge on any atom is -0.312 e. The Labute approximate surface area is 136 Å². The highest BCUT2D eigenvalue weighted by molar-refractivity contribution is 8.02. The third-order valence-electron chi connectivity index (χ3n) is 3.63. The second-order valence-corrected chi connectivity index (χ2v) is 7.51. The first-order valence-electron chi connectivity index (χ1n) is 6.94. The second-order valence-electron chi connectivity index (χ2n) is 5.09. The molecule has 1 aromatic carbocycles. The van der Waals surface area contributed by atoms with E-state index in [9.17, 15) is 9.59 Å². The molecule has 22 heavy (non-hydrogen) atoms. The van der Waals surface area contributed by atoms with Gasteiger partial charge in [0, 0.05) is 24.7 Å². The number of benzene rings is 1. The van der Waals surface area contributed by atoms with Crippen LogP contribution in [0.15, 0.2) is 28.0 Å². The van der Waals surface area contributed by atoms with E-state index in [-0.39, 0.29) is 16.9 Å². The van der Waals surface area contributed by atoms with Crippen LogP contribution in [0.2, 0.25) is 0 Å². The van der Waals surface area contributed by atoms with Gasteiger partial charge in [0.1, 0.15) is 5.51 Å². The lowest BCUT2D eigenvalue weighted by Crippen LogP contribution is -2.25. The number of hydrogen-bond acceptors (Lipinski definition) is 6. The SMILES string of the molecule is CC(=O)N1CCc2cc(C(=O)C(C)Sc3nncs3)ccc21. The van der Waals surface area contributed by atoms with E-state index >= 15 is 0 Å². The molecule has 2 heterocycles. The van der Waals surface area contributed by atoms with Gasteiger partial charge in [0.15, 0.2) is 10.1 Å². The monoisotopic (exact) mass is 333 g/mol. The first kappa shape index (κ1) is 15.2. The normalized spacial score (nSPS) is 14.7. The van der Waals surface area contributed by atoms with Gasteiger partial charge >= 0.3 is 0 Å². The van der Waals surface area contributed by atoms with Gasteiger partial charge in [0.05, 0.1) is 5.25 Å². The lowest BCUT2D eigenvalue weighted by Gasteiger charge is -2.15. The van der Waals surface area contributed by atoms with E-state index in [1.807, 2.05) is 19.1 Å². The van der Waals surface area contributed by atoms with Crippen LogP contribution < -0.4 is 4.90 Å². The zero-order valence-electron chi connectivity index (χ0n) is 12.3. The predicted molar refractivity (Wildman–Crippen MR) is 87.7 cm³/mol.